The average molecular weight is 273 g/mol. The van der Waals surface area contributed by atoms with Gasteiger partial charge in [0.15, 0.2) is 0 Å². The first-order chi connectivity index (χ1) is 9.83. The summed E-state index contributed by atoms with van der Waals surface area (Å²) in [7, 11) is 2.25. The second kappa shape index (κ2) is 6.68. The van der Waals surface area contributed by atoms with Gasteiger partial charge < -0.3 is 4.90 Å². The molecule has 3 nitrogen and oxygen atoms in total. The van der Waals surface area contributed by atoms with Crippen molar-refractivity contribution in [3.05, 3.63) is 30.1 Å². The maximum atomic E-state index is 4.11. The molecule has 0 aromatic carbocycles. The van der Waals surface area contributed by atoms with Gasteiger partial charge >= 0.3 is 0 Å². The van der Waals surface area contributed by atoms with Gasteiger partial charge in [-0.2, -0.15) is 0 Å². The van der Waals surface area contributed by atoms with Crippen LogP contribution in [0.3, 0.4) is 0 Å². The smallest absolute Gasteiger partial charge is 0.0270 e. The average Bonchev–Trinajstić information content (AvgIpc) is 2.95. The van der Waals surface area contributed by atoms with Crippen LogP contribution in [-0.2, 0) is 6.42 Å². The summed E-state index contributed by atoms with van der Waals surface area (Å²) < 4.78 is 0. The number of hydrogen-bond acceptors (Lipinski definition) is 3. The van der Waals surface area contributed by atoms with E-state index in [1.807, 2.05) is 12.4 Å². The number of nitrogens with zero attached hydrogens (tertiary/aromatic N) is 3. The van der Waals surface area contributed by atoms with E-state index in [9.17, 15) is 0 Å². The van der Waals surface area contributed by atoms with E-state index in [1.165, 1.54) is 63.7 Å². The largest absolute Gasteiger partial charge is 0.306 e. The van der Waals surface area contributed by atoms with Crippen molar-refractivity contribution in [3.63, 3.8) is 0 Å². The van der Waals surface area contributed by atoms with Gasteiger partial charge in [-0.3, -0.25) is 9.88 Å². The van der Waals surface area contributed by atoms with E-state index in [0.29, 0.717) is 0 Å². The Morgan fingerprint density at radius 1 is 1.10 bits per heavy atom. The van der Waals surface area contributed by atoms with E-state index in [-0.39, 0.29) is 0 Å². The van der Waals surface area contributed by atoms with Gasteiger partial charge in [-0.05, 0) is 82.9 Å². The highest BCUT2D eigenvalue weighted by Crippen LogP contribution is 2.28. The van der Waals surface area contributed by atoms with Gasteiger partial charge in [0, 0.05) is 24.5 Å². The summed E-state index contributed by atoms with van der Waals surface area (Å²) in [5.74, 6) is 0. The monoisotopic (exact) mass is 273 g/mol. The van der Waals surface area contributed by atoms with E-state index in [0.717, 1.165) is 12.1 Å². The van der Waals surface area contributed by atoms with Crippen molar-refractivity contribution in [2.45, 2.75) is 50.6 Å². The van der Waals surface area contributed by atoms with E-state index in [2.05, 4.69) is 34.0 Å². The summed E-state index contributed by atoms with van der Waals surface area (Å²) >= 11 is 0. The van der Waals surface area contributed by atoms with Crippen LogP contribution < -0.4 is 0 Å². The van der Waals surface area contributed by atoms with Crippen LogP contribution in [0.4, 0.5) is 0 Å². The molecule has 0 saturated carbocycles. The van der Waals surface area contributed by atoms with Crippen LogP contribution in [-0.4, -0.2) is 53.5 Å². The highest BCUT2D eigenvalue weighted by Gasteiger charge is 2.31. The summed E-state index contributed by atoms with van der Waals surface area (Å²) in [6.07, 6.45) is 11.9. The maximum absolute atomic E-state index is 4.11. The number of rotatable bonds is 4. The predicted molar refractivity (Wildman–Crippen MR) is 82.8 cm³/mol. The zero-order valence-corrected chi connectivity index (χ0v) is 12.7. The Bertz CT molecular complexity index is 398. The summed E-state index contributed by atoms with van der Waals surface area (Å²) in [4.78, 5) is 9.40. The second-order valence-corrected chi connectivity index (χ2v) is 6.46. The lowest BCUT2D eigenvalue weighted by atomic mass is 9.99. The Morgan fingerprint density at radius 3 is 2.60 bits per heavy atom. The lowest BCUT2D eigenvalue weighted by molar-refractivity contribution is 0.107. The highest BCUT2D eigenvalue weighted by molar-refractivity contribution is 5.10. The molecule has 3 rings (SSSR count). The molecule has 20 heavy (non-hydrogen) atoms. The molecule has 1 unspecified atom stereocenters. The van der Waals surface area contributed by atoms with Crippen molar-refractivity contribution in [1.82, 2.24) is 14.8 Å². The molecule has 2 saturated heterocycles. The lowest BCUT2D eigenvalue weighted by Gasteiger charge is -2.38. The number of hydrogen-bond donors (Lipinski definition) is 0. The van der Waals surface area contributed by atoms with Crippen LogP contribution in [0.1, 0.15) is 37.7 Å². The van der Waals surface area contributed by atoms with Crippen molar-refractivity contribution in [1.29, 1.82) is 0 Å². The van der Waals surface area contributed by atoms with Gasteiger partial charge in [0.2, 0.25) is 0 Å². The van der Waals surface area contributed by atoms with Crippen LogP contribution in [0, 0.1) is 0 Å². The van der Waals surface area contributed by atoms with Crippen LogP contribution in [0.2, 0.25) is 0 Å². The van der Waals surface area contributed by atoms with Gasteiger partial charge in [0.25, 0.3) is 0 Å². The molecule has 0 bridgehead atoms. The van der Waals surface area contributed by atoms with Crippen molar-refractivity contribution >= 4 is 0 Å². The first-order valence-electron chi connectivity index (χ1n) is 8.16. The van der Waals surface area contributed by atoms with Crippen molar-refractivity contribution < 1.29 is 0 Å². The summed E-state index contributed by atoms with van der Waals surface area (Å²) in [5.41, 5.74) is 1.44. The van der Waals surface area contributed by atoms with Crippen LogP contribution in [0.25, 0.3) is 0 Å². The molecular formula is C17H27N3. The Hall–Kier alpha value is -0.930. The molecule has 110 valence electrons. The minimum absolute atomic E-state index is 0.816. The predicted octanol–water partition coefficient (Wildman–Crippen LogP) is 2.57. The topological polar surface area (TPSA) is 19.4 Å². The van der Waals surface area contributed by atoms with E-state index in [1.54, 1.807) is 0 Å². The van der Waals surface area contributed by atoms with Gasteiger partial charge in [0.05, 0.1) is 0 Å². The SMILES string of the molecule is CN1CCC(N2CCCC2CCc2ccncc2)CC1. The molecule has 1 atom stereocenters. The molecule has 0 radical (unpaired) electrons. The molecule has 3 heteroatoms. The third-order valence-electron chi connectivity index (χ3n) is 5.10. The molecule has 1 aromatic rings. The number of aromatic nitrogens is 1. The summed E-state index contributed by atoms with van der Waals surface area (Å²) in [6, 6.07) is 5.98. The minimum Gasteiger partial charge on any atom is -0.306 e. The first kappa shape index (κ1) is 14.0. The van der Waals surface area contributed by atoms with Crippen molar-refractivity contribution in [2.24, 2.45) is 0 Å². The van der Waals surface area contributed by atoms with Crippen molar-refractivity contribution in [2.75, 3.05) is 26.7 Å². The Morgan fingerprint density at radius 2 is 1.85 bits per heavy atom. The number of aryl methyl sites for hydroxylation is 1. The van der Waals surface area contributed by atoms with E-state index in [4.69, 9.17) is 0 Å². The van der Waals surface area contributed by atoms with E-state index < -0.39 is 0 Å². The van der Waals surface area contributed by atoms with E-state index >= 15 is 0 Å². The number of pyridine rings is 1. The fraction of sp³-hybridized carbons (Fsp3) is 0.706. The molecule has 0 amide bonds. The molecule has 2 aliphatic heterocycles. The third kappa shape index (κ3) is 3.39. The van der Waals surface area contributed by atoms with Crippen LogP contribution in [0.15, 0.2) is 24.5 Å². The minimum atomic E-state index is 0.816. The third-order valence-corrected chi connectivity index (χ3v) is 5.10. The zero-order chi connectivity index (χ0) is 13.8. The first-order valence-corrected chi connectivity index (χ1v) is 8.16. The van der Waals surface area contributed by atoms with Gasteiger partial charge in [-0.1, -0.05) is 0 Å². The molecule has 2 fully saturated rings. The molecule has 0 N–H and O–H groups in total. The van der Waals surface area contributed by atoms with Gasteiger partial charge in [-0.15, -0.1) is 0 Å². The fourth-order valence-electron chi connectivity index (χ4n) is 3.86. The van der Waals surface area contributed by atoms with Gasteiger partial charge in [-0.25, -0.2) is 0 Å². The quantitative estimate of drug-likeness (QED) is 0.840. The summed E-state index contributed by atoms with van der Waals surface area (Å²) in [5, 5.41) is 0. The second-order valence-electron chi connectivity index (χ2n) is 6.46. The van der Waals surface area contributed by atoms with Crippen molar-refractivity contribution in [3.8, 4) is 0 Å². The Kier molecular flexibility index (Phi) is 4.69. The maximum Gasteiger partial charge on any atom is 0.0270 e. The molecule has 3 heterocycles. The Labute approximate surface area is 123 Å². The van der Waals surface area contributed by atoms with Gasteiger partial charge in [0.1, 0.15) is 0 Å². The Balaban J connectivity index is 1.53. The molecule has 0 spiro atoms. The lowest BCUT2D eigenvalue weighted by Crippen LogP contribution is -2.45. The fourth-order valence-corrected chi connectivity index (χ4v) is 3.86. The number of likely N-dealkylation sites (tertiary alicyclic amines) is 2. The summed E-state index contributed by atoms with van der Waals surface area (Å²) in [6.45, 7) is 3.88. The number of piperidine rings is 1. The van der Waals surface area contributed by atoms with Crippen LogP contribution >= 0.6 is 0 Å². The molecule has 2 aliphatic rings. The molecular weight excluding hydrogens is 246 g/mol. The normalized spacial score (nSPS) is 26.1. The zero-order valence-electron chi connectivity index (χ0n) is 12.7. The van der Waals surface area contributed by atoms with Crippen LogP contribution in [0.5, 0.6) is 0 Å². The standard InChI is InChI=1S/C17H27N3/c1-19-13-8-17(9-14-19)20-12-2-3-16(20)5-4-15-6-10-18-11-7-15/h6-7,10-11,16-17H,2-5,8-9,12-14H2,1H3. The highest BCUT2D eigenvalue weighted by atomic mass is 15.2. The molecule has 1 aromatic heterocycles. The molecule has 0 aliphatic carbocycles.